The van der Waals surface area contributed by atoms with Crippen LogP contribution in [0.5, 0.6) is 0 Å². The summed E-state index contributed by atoms with van der Waals surface area (Å²) in [4.78, 5) is 38.5. The van der Waals surface area contributed by atoms with E-state index in [1.54, 1.807) is 39.8 Å². The molecule has 0 aliphatic carbocycles. The highest BCUT2D eigenvalue weighted by Gasteiger charge is 2.29. The lowest BCUT2D eigenvalue weighted by Gasteiger charge is -2.35. The van der Waals surface area contributed by atoms with E-state index in [2.05, 4.69) is 0 Å². The van der Waals surface area contributed by atoms with Crippen LogP contribution in [0.15, 0.2) is 48.7 Å². The molecule has 6 nitrogen and oxygen atoms in total. The molecule has 1 aliphatic rings. The third-order valence-electron chi connectivity index (χ3n) is 5.40. The van der Waals surface area contributed by atoms with Crippen LogP contribution in [0.3, 0.4) is 0 Å². The van der Waals surface area contributed by atoms with E-state index in [1.165, 1.54) is 18.3 Å². The van der Waals surface area contributed by atoms with Gasteiger partial charge in [0.05, 0.1) is 5.56 Å². The molecule has 0 bridgehead atoms. The van der Waals surface area contributed by atoms with Gasteiger partial charge >= 0.3 is 0 Å². The molecular weight excluding hydrogens is 373 g/mol. The van der Waals surface area contributed by atoms with Crippen LogP contribution in [0.1, 0.15) is 29.3 Å². The molecule has 7 heteroatoms. The number of hydrogen-bond donors (Lipinski definition) is 1. The van der Waals surface area contributed by atoms with Crippen molar-refractivity contribution in [2.45, 2.75) is 32.4 Å². The van der Waals surface area contributed by atoms with Crippen LogP contribution in [0.25, 0.3) is 10.9 Å². The van der Waals surface area contributed by atoms with Crippen LogP contribution < -0.4 is 10.6 Å². The Bertz CT molecular complexity index is 1150. The predicted molar refractivity (Wildman–Crippen MR) is 107 cm³/mol. The largest absolute Gasteiger partial charge is 0.363 e. The van der Waals surface area contributed by atoms with E-state index >= 15 is 0 Å². The lowest BCUT2D eigenvalue weighted by atomic mass is 9.96. The number of para-hydroxylation sites is 1. The molecule has 148 valence electrons. The standard InChI is InChI=1S/C22H20FN3O3/c1-13-6-7-14-10-15(23)8-9-18(14)26(13)20(27)12-25-11-17(21(28)22(24)29)16-4-2-3-5-19(16)25/h2-5,8-11,13H,6-7,12H2,1H3,(H2,24,29)/t13-/m0/s1. The van der Waals surface area contributed by atoms with Crippen molar-refractivity contribution in [3.05, 3.63) is 65.6 Å². The van der Waals surface area contributed by atoms with Crippen LogP contribution >= 0.6 is 0 Å². The first kappa shape index (κ1) is 18.9. The average molecular weight is 393 g/mol. The summed E-state index contributed by atoms with van der Waals surface area (Å²) in [5.41, 5.74) is 7.52. The lowest BCUT2D eigenvalue weighted by Crippen LogP contribution is -2.43. The summed E-state index contributed by atoms with van der Waals surface area (Å²) < 4.78 is 15.3. The maximum Gasteiger partial charge on any atom is 0.289 e. The van der Waals surface area contributed by atoms with Gasteiger partial charge in [-0.3, -0.25) is 14.4 Å². The van der Waals surface area contributed by atoms with Crippen molar-refractivity contribution >= 4 is 34.2 Å². The number of primary amides is 1. The number of benzene rings is 2. The van der Waals surface area contributed by atoms with E-state index in [1.807, 2.05) is 6.92 Å². The Morgan fingerprint density at radius 2 is 1.93 bits per heavy atom. The highest BCUT2D eigenvalue weighted by molar-refractivity contribution is 6.44. The fourth-order valence-corrected chi connectivity index (χ4v) is 4.01. The Kier molecular flexibility index (Phi) is 4.66. The number of amides is 2. The number of rotatable bonds is 4. The summed E-state index contributed by atoms with van der Waals surface area (Å²) in [6.45, 7) is 1.94. The van der Waals surface area contributed by atoms with Crippen molar-refractivity contribution in [1.29, 1.82) is 0 Å². The minimum Gasteiger partial charge on any atom is -0.363 e. The number of fused-ring (bicyclic) bond motifs is 2. The van der Waals surface area contributed by atoms with Crippen LogP contribution in [-0.2, 0) is 22.6 Å². The fourth-order valence-electron chi connectivity index (χ4n) is 4.01. The van der Waals surface area contributed by atoms with Gasteiger partial charge in [0, 0.05) is 28.8 Å². The summed E-state index contributed by atoms with van der Waals surface area (Å²) in [5.74, 6) is -2.33. The van der Waals surface area contributed by atoms with Crippen molar-refractivity contribution in [3.63, 3.8) is 0 Å². The number of anilines is 1. The Balaban J connectivity index is 1.72. The Morgan fingerprint density at radius 1 is 1.17 bits per heavy atom. The summed E-state index contributed by atoms with van der Waals surface area (Å²) in [6.07, 6.45) is 2.94. The molecule has 2 heterocycles. The number of aryl methyl sites for hydroxylation is 1. The molecule has 29 heavy (non-hydrogen) atoms. The monoisotopic (exact) mass is 393 g/mol. The molecule has 1 aromatic heterocycles. The highest BCUT2D eigenvalue weighted by Crippen LogP contribution is 2.32. The van der Waals surface area contributed by atoms with E-state index in [0.717, 1.165) is 12.0 Å². The summed E-state index contributed by atoms with van der Waals surface area (Å²) in [6, 6.07) is 11.5. The summed E-state index contributed by atoms with van der Waals surface area (Å²) in [7, 11) is 0. The molecule has 2 N–H and O–H groups in total. The van der Waals surface area contributed by atoms with Gasteiger partial charge in [-0.05, 0) is 49.6 Å². The third-order valence-corrected chi connectivity index (χ3v) is 5.40. The van der Waals surface area contributed by atoms with Gasteiger partial charge in [0.1, 0.15) is 12.4 Å². The highest BCUT2D eigenvalue weighted by atomic mass is 19.1. The Hall–Kier alpha value is -3.48. The van der Waals surface area contributed by atoms with E-state index in [4.69, 9.17) is 5.73 Å². The summed E-state index contributed by atoms with van der Waals surface area (Å²) in [5, 5.41) is 0.568. The number of hydrogen-bond acceptors (Lipinski definition) is 3. The summed E-state index contributed by atoms with van der Waals surface area (Å²) >= 11 is 0. The number of Topliss-reactive ketones (excluding diaryl/α,β-unsaturated/α-hetero) is 1. The van der Waals surface area contributed by atoms with Crippen molar-refractivity contribution < 1.29 is 18.8 Å². The molecule has 4 rings (SSSR count). The minimum absolute atomic E-state index is 0.0201. The number of halogens is 1. The normalized spacial score (nSPS) is 15.9. The zero-order valence-corrected chi connectivity index (χ0v) is 15.9. The molecule has 2 aromatic carbocycles. The van der Waals surface area contributed by atoms with Crippen LogP contribution in [0.2, 0.25) is 0 Å². The Morgan fingerprint density at radius 3 is 2.69 bits per heavy atom. The number of aromatic nitrogens is 1. The first-order chi connectivity index (χ1) is 13.9. The first-order valence-electron chi connectivity index (χ1n) is 9.39. The maximum absolute atomic E-state index is 13.6. The zero-order chi connectivity index (χ0) is 20.7. The van der Waals surface area contributed by atoms with E-state index in [9.17, 15) is 18.8 Å². The number of nitrogens with two attached hydrogens (primary N) is 1. The maximum atomic E-state index is 13.6. The number of ketones is 1. The molecule has 1 atom stereocenters. The molecule has 0 unspecified atom stereocenters. The van der Waals surface area contributed by atoms with Gasteiger partial charge in [-0.15, -0.1) is 0 Å². The van der Waals surface area contributed by atoms with Gasteiger partial charge in [0.25, 0.3) is 11.7 Å². The molecule has 0 saturated carbocycles. The first-order valence-corrected chi connectivity index (χ1v) is 9.39. The fraction of sp³-hybridized carbons (Fsp3) is 0.227. The molecule has 2 amide bonds. The minimum atomic E-state index is -1.04. The molecular formula is C22H20FN3O3. The molecule has 0 saturated heterocycles. The second-order valence-electron chi connectivity index (χ2n) is 7.31. The van der Waals surface area contributed by atoms with Crippen molar-refractivity contribution in [2.24, 2.45) is 5.73 Å². The second kappa shape index (κ2) is 7.16. The number of nitrogens with zero attached hydrogens (tertiary/aromatic N) is 2. The van der Waals surface area contributed by atoms with Gasteiger partial charge < -0.3 is 15.2 Å². The SMILES string of the molecule is C[C@H]1CCc2cc(F)ccc2N1C(=O)Cn1cc(C(=O)C(N)=O)c2ccccc21. The molecule has 0 spiro atoms. The van der Waals surface area contributed by atoms with Crippen molar-refractivity contribution in [1.82, 2.24) is 4.57 Å². The second-order valence-corrected chi connectivity index (χ2v) is 7.31. The predicted octanol–water partition coefficient (Wildman–Crippen LogP) is 2.82. The van der Waals surface area contributed by atoms with Gasteiger partial charge in [0.15, 0.2) is 0 Å². The molecule has 0 fully saturated rings. The van der Waals surface area contributed by atoms with Gasteiger partial charge in [0.2, 0.25) is 5.91 Å². The van der Waals surface area contributed by atoms with E-state index < -0.39 is 11.7 Å². The zero-order valence-electron chi connectivity index (χ0n) is 15.9. The van der Waals surface area contributed by atoms with Crippen molar-refractivity contribution in [2.75, 3.05) is 4.90 Å². The van der Waals surface area contributed by atoms with Crippen LogP contribution in [0.4, 0.5) is 10.1 Å². The quantitative estimate of drug-likeness (QED) is 0.546. The lowest BCUT2D eigenvalue weighted by molar-refractivity contribution is -0.119. The topological polar surface area (TPSA) is 85.4 Å². The van der Waals surface area contributed by atoms with Gasteiger partial charge in [-0.2, -0.15) is 0 Å². The van der Waals surface area contributed by atoms with Crippen molar-refractivity contribution in [3.8, 4) is 0 Å². The third kappa shape index (κ3) is 3.29. The molecule has 3 aromatic rings. The Labute approximate surface area is 166 Å². The van der Waals surface area contributed by atoms with Crippen LogP contribution in [-0.4, -0.2) is 28.2 Å². The molecule has 1 aliphatic heterocycles. The number of carbonyl (C=O) groups excluding carboxylic acids is 3. The number of carbonyl (C=O) groups is 3. The van der Waals surface area contributed by atoms with E-state index in [0.29, 0.717) is 23.0 Å². The van der Waals surface area contributed by atoms with Gasteiger partial charge in [-0.25, -0.2) is 4.39 Å². The van der Waals surface area contributed by atoms with Gasteiger partial charge in [-0.1, -0.05) is 18.2 Å². The smallest absolute Gasteiger partial charge is 0.289 e. The van der Waals surface area contributed by atoms with Crippen LogP contribution in [0, 0.1) is 5.82 Å². The van der Waals surface area contributed by atoms with E-state index in [-0.39, 0.29) is 29.9 Å². The average Bonchev–Trinajstić information content (AvgIpc) is 3.05. The molecule has 0 radical (unpaired) electrons.